The molecule has 0 aliphatic heterocycles. The third-order valence-corrected chi connectivity index (χ3v) is 6.03. The van der Waals surface area contributed by atoms with Crippen molar-refractivity contribution in [2.75, 3.05) is 32.9 Å². The molecular formula is C27H25F12NO7. The molecule has 264 valence electrons. The molecule has 0 aliphatic rings. The summed E-state index contributed by atoms with van der Waals surface area (Å²) in [5.41, 5.74) is -0.978. The van der Waals surface area contributed by atoms with Gasteiger partial charge in [0.05, 0.1) is 18.7 Å². The van der Waals surface area contributed by atoms with E-state index in [2.05, 4.69) is 9.47 Å². The van der Waals surface area contributed by atoms with Crippen molar-refractivity contribution in [3.8, 4) is 11.5 Å². The van der Waals surface area contributed by atoms with E-state index in [0.717, 1.165) is 12.1 Å². The Bertz CT molecular complexity index is 1330. The number of ether oxygens (including phenoxy) is 4. The van der Waals surface area contributed by atoms with Gasteiger partial charge in [-0.2, -0.15) is 52.7 Å². The Morgan fingerprint density at radius 3 is 1.91 bits per heavy atom. The monoisotopic (exact) mass is 703 g/mol. The third-order valence-electron chi connectivity index (χ3n) is 6.03. The molecule has 0 aromatic heterocycles. The zero-order valence-corrected chi connectivity index (χ0v) is 23.8. The zero-order chi connectivity index (χ0) is 35.8. The first-order chi connectivity index (χ1) is 21.5. The van der Waals surface area contributed by atoms with Crippen molar-refractivity contribution >= 4 is 12.1 Å². The predicted molar refractivity (Wildman–Crippen MR) is 135 cm³/mol. The maximum absolute atomic E-state index is 13.8. The molecule has 47 heavy (non-hydrogen) atoms. The molecule has 20 heteroatoms. The number of benzene rings is 2. The lowest BCUT2D eigenvalue weighted by Crippen LogP contribution is -2.62. The summed E-state index contributed by atoms with van der Waals surface area (Å²) in [6.07, 6.45) is -21.5. The summed E-state index contributed by atoms with van der Waals surface area (Å²) in [4.78, 5) is 24.2. The summed E-state index contributed by atoms with van der Waals surface area (Å²) in [6.45, 7) is -2.78. The van der Waals surface area contributed by atoms with Crippen LogP contribution in [0.4, 0.5) is 57.5 Å². The van der Waals surface area contributed by atoms with Gasteiger partial charge in [0.1, 0.15) is 18.1 Å². The van der Waals surface area contributed by atoms with Crippen LogP contribution >= 0.6 is 0 Å². The van der Waals surface area contributed by atoms with Gasteiger partial charge in [-0.25, -0.2) is 9.59 Å². The van der Waals surface area contributed by atoms with Gasteiger partial charge >= 0.3 is 42.4 Å². The highest BCUT2D eigenvalue weighted by Crippen LogP contribution is 2.53. The molecule has 1 N–H and O–H groups in total. The smallest absolute Gasteiger partial charge is 0.460 e. The number of halogens is 12. The van der Waals surface area contributed by atoms with E-state index >= 15 is 0 Å². The number of carboxylic acids is 1. The van der Waals surface area contributed by atoms with E-state index in [1.807, 2.05) is 0 Å². The second-order valence-corrected chi connectivity index (χ2v) is 9.34. The fourth-order valence-electron chi connectivity index (χ4n) is 3.61. The Hall–Kier alpha value is -3.94. The number of amides is 1. The molecule has 0 spiro atoms. The lowest BCUT2D eigenvalue weighted by Gasteiger charge is -2.33. The number of carbonyl (C=O) groups excluding carboxylic acids is 1. The second kappa shape index (κ2) is 15.3. The average Bonchev–Trinajstić information content (AvgIpc) is 2.95. The molecule has 0 fully saturated rings. The van der Waals surface area contributed by atoms with Crippen molar-refractivity contribution in [2.45, 2.75) is 49.8 Å². The van der Waals surface area contributed by atoms with E-state index in [4.69, 9.17) is 9.47 Å². The topological polar surface area (TPSA) is 94.5 Å². The van der Waals surface area contributed by atoms with E-state index in [1.165, 1.54) is 24.3 Å². The van der Waals surface area contributed by atoms with Gasteiger partial charge in [-0.1, -0.05) is 24.3 Å². The van der Waals surface area contributed by atoms with Crippen LogP contribution in [-0.4, -0.2) is 85.2 Å². The van der Waals surface area contributed by atoms with Crippen molar-refractivity contribution in [3.05, 3.63) is 59.7 Å². The Kier molecular flexibility index (Phi) is 12.8. The molecule has 0 saturated carbocycles. The molecule has 0 saturated heterocycles. The lowest BCUT2D eigenvalue weighted by molar-refractivity contribution is -0.443. The number of rotatable bonds is 16. The van der Waals surface area contributed by atoms with Crippen LogP contribution in [-0.2, 0) is 26.9 Å². The van der Waals surface area contributed by atoms with Crippen molar-refractivity contribution in [3.63, 3.8) is 0 Å². The number of nitrogens with zero attached hydrogens (tertiary/aromatic N) is 1. The standard InChI is InChI=1S/C27H25F12NO7/c1-2-44-20(21(41)42)15-16-7-9-17(10-8-16)45-13-11-40(22(43)47-19-6-4-3-5-18(19)23(28,29)30)12-14-46-27(38,39)25(33,34)24(31,32)26(35,36)37/h3-10,20H,2,11-15H2,1H3,(H,41,42). The number of para-hydroxylation sites is 1. The predicted octanol–water partition coefficient (Wildman–Crippen LogP) is 7.06. The molecule has 0 bridgehead atoms. The van der Waals surface area contributed by atoms with Crippen LogP contribution in [0.1, 0.15) is 18.1 Å². The molecule has 0 aliphatic carbocycles. The van der Waals surface area contributed by atoms with Crippen LogP contribution < -0.4 is 9.47 Å². The molecule has 1 atom stereocenters. The fraction of sp³-hybridized carbons (Fsp3) is 0.481. The van der Waals surface area contributed by atoms with Gasteiger partial charge < -0.3 is 29.0 Å². The van der Waals surface area contributed by atoms with E-state index in [1.54, 1.807) is 6.92 Å². The molecule has 2 rings (SSSR count). The Morgan fingerprint density at radius 1 is 0.809 bits per heavy atom. The molecular weight excluding hydrogens is 678 g/mol. The summed E-state index contributed by atoms with van der Waals surface area (Å²) < 4.78 is 176. The third kappa shape index (κ3) is 10.0. The van der Waals surface area contributed by atoms with Gasteiger partial charge in [0.2, 0.25) is 0 Å². The number of aliphatic carboxylic acids is 1. The van der Waals surface area contributed by atoms with E-state index in [0.29, 0.717) is 17.7 Å². The van der Waals surface area contributed by atoms with Crippen molar-refractivity contribution < 1.29 is 86.3 Å². The highest BCUT2D eigenvalue weighted by molar-refractivity contribution is 5.73. The number of carbonyl (C=O) groups is 2. The first kappa shape index (κ1) is 39.2. The summed E-state index contributed by atoms with van der Waals surface area (Å²) in [5.74, 6) is -16.6. The van der Waals surface area contributed by atoms with Crippen LogP contribution in [0.2, 0.25) is 0 Å². The maximum atomic E-state index is 13.8. The minimum Gasteiger partial charge on any atom is -0.492 e. The normalized spacial score (nSPS) is 13.6. The van der Waals surface area contributed by atoms with Gasteiger partial charge in [0.15, 0.2) is 6.10 Å². The lowest BCUT2D eigenvalue weighted by atomic mass is 10.1. The quantitative estimate of drug-likeness (QED) is 0.187. The zero-order valence-electron chi connectivity index (χ0n) is 23.8. The number of hydrogen-bond donors (Lipinski definition) is 1. The molecule has 0 heterocycles. The van der Waals surface area contributed by atoms with Gasteiger partial charge in [-0.05, 0) is 36.8 Å². The first-order valence-corrected chi connectivity index (χ1v) is 13.1. The number of carboxylic acid groups (broad SMARTS) is 1. The van der Waals surface area contributed by atoms with E-state index < -0.39 is 86.1 Å². The molecule has 8 nitrogen and oxygen atoms in total. The minimum absolute atomic E-state index is 0.0406. The fourth-order valence-corrected chi connectivity index (χ4v) is 3.61. The van der Waals surface area contributed by atoms with Crippen LogP contribution in [0.3, 0.4) is 0 Å². The van der Waals surface area contributed by atoms with Crippen LogP contribution in [0.15, 0.2) is 48.5 Å². The van der Waals surface area contributed by atoms with Gasteiger partial charge in [-0.3, -0.25) is 0 Å². The largest absolute Gasteiger partial charge is 0.492 e. The van der Waals surface area contributed by atoms with Gasteiger partial charge in [0.25, 0.3) is 0 Å². The Labute approximate surface area is 257 Å². The SMILES string of the molecule is CCOC(Cc1ccc(OCCN(CCOC(F)(F)C(F)(F)C(F)(F)C(F)(F)F)C(=O)Oc2ccccc2C(F)(F)F)cc1)C(=O)O. The van der Waals surface area contributed by atoms with Gasteiger partial charge in [0, 0.05) is 19.6 Å². The van der Waals surface area contributed by atoms with Crippen molar-refractivity contribution in [1.29, 1.82) is 0 Å². The Morgan fingerprint density at radius 2 is 1.38 bits per heavy atom. The Balaban J connectivity index is 2.19. The van der Waals surface area contributed by atoms with Crippen molar-refractivity contribution in [1.82, 2.24) is 4.90 Å². The summed E-state index contributed by atoms with van der Waals surface area (Å²) in [7, 11) is 0. The van der Waals surface area contributed by atoms with E-state index in [9.17, 15) is 67.4 Å². The first-order valence-electron chi connectivity index (χ1n) is 13.1. The highest BCUT2D eigenvalue weighted by Gasteiger charge is 2.82. The number of hydrogen-bond acceptors (Lipinski definition) is 6. The van der Waals surface area contributed by atoms with E-state index in [-0.39, 0.29) is 23.7 Å². The summed E-state index contributed by atoms with van der Waals surface area (Å²) in [5, 5.41) is 9.18. The van der Waals surface area contributed by atoms with Crippen LogP contribution in [0.25, 0.3) is 0 Å². The molecule has 2 aromatic rings. The molecule has 1 unspecified atom stereocenters. The summed E-state index contributed by atoms with van der Waals surface area (Å²) in [6, 6.07) is 8.68. The molecule has 0 radical (unpaired) electrons. The minimum atomic E-state index is -7.25. The summed E-state index contributed by atoms with van der Waals surface area (Å²) >= 11 is 0. The number of alkyl halides is 12. The molecule has 1 amide bonds. The molecule has 2 aromatic carbocycles. The van der Waals surface area contributed by atoms with Crippen LogP contribution in [0.5, 0.6) is 11.5 Å². The second-order valence-electron chi connectivity index (χ2n) is 9.34. The average molecular weight is 703 g/mol. The van der Waals surface area contributed by atoms with Crippen LogP contribution in [0, 0.1) is 0 Å². The van der Waals surface area contributed by atoms with Crippen molar-refractivity contribution in [2.24, 2.45) is 0 Å². The highest BCUT2D eigenvalue weighted by atomic mass is 19.4. The van der Waals surface area contributed by atoms with Gasteiger partial charge in [-0.15, -0.1) is 0 Å². The maximum Gasteiger partial charge on any atom is 0.460 e.